The minimum Gasteiger partial charge on any atom is -0.344 e. The first-order valence-electron chi connectivity index (χ1n) is 5.39. The third-order valence-corrected chi connectivity index (χ3v) is 1.92. The predicted molar refractivity (Wildman–Crippen MR) is 63.4 cm³/mol. The van der Waals surface area contributed by atoms with Gasteiger partial charge >= 0.3 is 0 Å². The number of amides is 1. The van der Waals surface area contributed by atoms with Crippen LogP contribution in [0.4, 0.5) is 0 Å². The van der Waals surface area contributed by atoms with Crippen molar-refractivity contribution in [3.05, 3.63) is 0 Å². The summed E-state index contributed by atoms with van der Waals surface area (Å²) < 4.78 is 0. The quantitative estimate of drug-likeness (QED) is 0.641. The van der Waals surface area contributed by atoms with E-state index in [2.05, 4.69) is 31.2 Å². The van der Waals surface area contributed by atoms with E-state index in [-0.39, 0.29) is 12.5 Å². The maximum atomic E-state index is 11.4. The number of rotatable bonds is 7. The molecule has 88 valence electrons. The Kier molecular flexibility index (Phi) is 7.93. The van der Waals surface area contributed by atoms with Crippen molar-refractivity contribution in [1.29, 1.82) is 5.26 Å². The molecule has 0 atom stereocenters. The highest BCUT2D eigenvalue weighted by atomic mass is 16.2. The molecule has 0 rings (SSSR count). The average molecular weight is 221 g/mol. The zero-order chi connectivity index (χ0) is 12.4. The Morgan fingerprint density at radius 1 is 1.56 bits per heavy atom. The molecule has 0 aliphatic carbocycles. The highest BCUT2D eigenvalue weighted by Gasteiger charge is 2.11. The Morgan fingerprint density at radius 3 is 2.75 bits per heavy atom. The van der Waals surface area contributed by atoms with Crippen LogP contribution in [-0.2, 0) is 4.79 Å². The summed E-state index contributed by atoms with van der Waals surface area (Å²) >= 11 is 0. The molecule has 1 N–H and O–H groups in total. The van der Waals surface area contributed by atoms with Crippen molar-refractivity contribution in [3.63, 3.8) is 0 Å². The predicted octanol–water partition coefficient (Wildman–Crippen LogP) is 0.607. The molecule has 0 heterocycles. The van der Waals surface area contributed by atoms with Gasteiger partial charge in [0.25, 0.3) is 0 Å². The lowest BCUT2D eigenvalue weighted by molar-refractivity contribution is -0.122. The lowest BCUT2D eigenvalue weighted by atomic mass is 10.2. The minimum absolute atomic E-state index is 0.0865. The molecular formula is C12H19N3O. The van der Waals surface area contributed by atoms with Crippen LogP contribution in [0.25, 0.3) is 0 Å². The van der Waals surface area contributed by atoms with E-state index in [4.69, 9.17) is 11.7 Å². The van der Waals surface area contributed by atoms with Crippen molar-refractivity contribution in [1.82, 2.24) is 10.2 Å². The van der Waals surface area contributed by atoms with Crippen LogP contribution in [0.5, 0.6) is 0 Å². The van der Waals surface area contributed by atoms with E-state index in [1.54, 1.807) is 0 Å². The van der Waals surface area contributed by atoms with Crippen LogP contribution in [0.2, 0.25) is 0 Å². The molecule has 0 fully saturated rings. The molecule has 0 radical (unpaired) electrons. The van der Waals surface area contributed by atoms with Crippen molar-refractivity contribution >= 4 is 5.91 Å². The third-order valence-electron chi connectivity index (χ3n) is 1.92. The van der Waals surface area contributed by atoms with Gasteiger partial charge in [-0.2, -0.15) is 5.26 Å². The average Bonchev–Trinajstić information content (AvgIpc) is 2.22. The first kappa shape index (κ1) is 14.5. The topological polar surface area (TPSA) is 56.1 Å². The van der Waals surface area contributed by atoms with Crippen LogP contribution in [-0.4, -0.2) is 37.0 Å². The SMILES string of the molecule is C#CCNC(=O)CN(CCC#N)CC(C)C. The van der Waals surface area contributed by atoms with E-state index in [1.165, 1.54) is 0 Å². The molecule has 0 aliphatic rings. The van der Waals surface area contributed by atoms with E-state index in [1.807, 2.05) is 4.90 Å². The first-order valence-corrected chi connectivity index (χ1v) is 5.39. The Balaban J connectivity index is 4.04. The number of nitrogens with zero attached hydrogens (tertiary/aromatic N) is 2. The second-order valence-corrected chi connectivity index (χ2v) is 4.02. The second kappa shape index (κ2) is 8.76. The smallest absolute Gasteiger partial charge is 0.234 e. The molecule has 0 saturated carbocycles. The normalized spacial score (nSPS) is 9.88. The molecule has 0 aromatic rings. The van der Waals surface area contributed by atoms with Crippen LogP contribution in [0, 0.1) is 29.6 Å². The number of carbonyl (C=O) groups is 1. The standard InChI is InChI=1S/C12H19N3O/c1-4-7-14-12(16)10-15(8-5-6-13)9-11(2)3/h1,11H,5,7-10H2,2-3H3,(H,14,16). The summed E-state index contributed by atoms with van der Waals surface area (Å²) in [5.41, 5.74) is 0. The van der Waals surface area contributed by atoms with Gasteiger partial charge in [0.15, 0.2) is 0 Å². The number of hydrogen-bond donors (Lipinski definition) is 1. The van der Waals surface area contributed by atoms with Gasteiger partial charge in [0.05, 0.1) is 19.2 Å². The monoisotopic (exact) mass is 221 g/mol. The number of terminal acetylenes is 1. The van der Waals surface area contributed by atoms with Gasteiger partial charge in [-0.15, -0.1) is 6.42 Å². The van der Waals surface area contributed by atoms with Crippen molar-refractivity contribution in [3.8, 4) is 18.4 Å². The molecular weight excluding hydrogens is 202 g/mol. The number of carbonyl (C=O) groups excluding carboxylic acids is 1. The van der Waals surface area contributed by atoms with E-state index < -0.39 is 0 Å². The summed E-state index contributed by atoms with van der Waals surface area (Å²) in [4.78, 5) is 13.4. The molecule has 16 heavy (non-hydrogen) atoms. The van der Waals surface area contributed by atoms with Crippen molar-refractivity contribution in [2.24, 2.45) is 5.92 Å². The molecule has 0 saturated heterocycles. The van der Waals surface area contributed by atoms with Gasteiger partial charge in [-0.05, 0) is 5.92 Å². The highest BCUT2D eigenvalue weighted by Crippen LogP contribution is 1.99. The lowest BCUT2D eigenvalue weighted by Gasteiger charge is -2.22. The van der Waals surface area contributed by atoms with Gasteiger partial charge < -0.3 is 5.32 Å². The summed E-state index contributed by atoms with van der Waals surface area (Å²) in [6.45, 7) is 6.16. The summed E-state index contributed by atoms with van der Waals surface area (Å²) in [5, 5.41) is 11.1. The van der Waals surface area contributed by atoms with Gasteiger partial charge in [0.2, 0.25) is 5.91 Å². The highest BCUT2D eigenvalue weighted by molar-refractivity contribution is 5.78. The van der Waals surface area contributed by atoms with Gasteiger partial charge in [-0.3, -0.25) is 9.69 Å². The molecule has 0 aromatic heterocycles. The fourth-order valence-corrected chi connectivity index (χ4v) is 1.37. The first-order chi connectivity index (χ1) is 7.60. The molecule has 1 amide bonds. The molecule has 4 nitrogen and oxygen atoms in total. The maximum Gasteiger partial charge on any atom is 0.234 e. The van der Waals surface area contributed by atoms with E-state index in [0.29, 0.717) is 25.4 Å². The molecule has 0 spiro atoms. The van der Waals surface area contributed by atoms with Crippen LogP contribution >= 0.6 is 0 Å². The van der Waals surface area contributed by atoms with Crippen LogP contribution < -0.4 is 5.32 Å². The Morgan fingerprint density at radius 2 is 2.25 bits per heavy atom. The zero-order valence-electron chi connectivity index (χ0n) is 9.99. The van der Waals surface area contributed by atoms with Crippen molar-refractivity contribution in [2.75, 3.05) is 26.2 Å². The molecule has 0 aliphatic heterocycles. The van der Waals surface area contributed by atoms with Crippen LogP contribution in [0.3, 0.4) is 0 Å². The Bertz CT molecular complexity index is 286. The molecule has 0 aromatic carbocycles. The third kappa shape index (κ3) is 7.84. The lowest BCUT2D eigenvalue weighted by Crippen LogP contribution is -2.39. The molecule has 0 bridgehead atoms. The largest absolute Gasteiger partial charge is 0.344 e. The van der Waals surface area contributed by atoms with E-state index >= 15 is 0 Å². The summed E-state index contributed by atoms with van der Waals surface area (Å²) in [7, 11) is 0. The van der Waals surface area contributed by atoms with Gasteiger partial charge in [0, 0.05) is 19.5 Å². The summed E-state index contributed by atoms with van der Waals surface area (Å²) in [6.07, 6.45) is 5.49. The molecule has 4 heteroatoms. The zero-order valence-corrected chi connectivity index (χ0v) is 9.99. The second-order valence-electron chi connectivity index (χ2n) is 4.02. The number of nitrogens with one attached hydrogen (secondary N) is 1. The van der Waals surface area contributed by atoms with Gasteiger partial charge in [0.1, 0.15) is 0 Å². The Labute approximate surface area is 97.6 Å². The maximum absolute atomic E-state index is 11.4. The van der Waals surface area contributed by atoms with Gasteiger partial charge in [-0.1, -0.05) is 19.8 Å². The van der Waals surface area contributed by atoms with Crippen LogP contribution in [0.1, 0.15) is 20.3 Å². The molecule has 0 unspecified atom stereocenters. The van der Waals surface area contributed by atoms with Gasteiger partial charge in [-0.25, -0.2) is 0 Å². The minimum atomic E-state index is -0.0865. The van der Waals surface area contributed by atoms with Crippen molar-refractivity contribution in [2.45, 2.75) is 20.3 Å². The fraction of sp³-hybridized carbons (Fsp3) is 0.667. The summed E-state index contributed by atoms with van der Waals surface area (Å²) in [5.74, 6) is 2.74. The van der Waals surface area contributed by atoms with Crippen LogP contribution in [0.15, 0.2) is 0 Å². The Hall–Kier alpha value is -1.52. The fourth-order valence-electron chi connectivity index (χ4n) is 1.37. The van der Waals surface area contributed by atoms with Crippen molar-refractivity contribution < 1.29 is 4.79 Å². The van der Waals surface area contributed by atoms with E-state index in [0.717, 1.165) is 6.54 Å². The van der Waals surface area contributed by atoms with E-state index in [9.17, 15) is 4.79 Å². The summed E-state index contributed by atoms with van der Waals surface area (Å²) in [6, 6.07) is 2.08. The number of hydrogen-bond acceptors (Lipinski definition) is 3. The number of nitriles is 1.